The summed E-state index contributed by atoms with van der Waals surface area (Å²) in [5.41, 5.74) is 1.99. The molecular weight excluding hydrogens is 428 g/mol. The van der Waals surface area contributed by atoms with Crippen LogP contribution in [0.4, 0.5) is 0 Å². The average Bonchev–Trinajstić information content (AvgIpc) is 3.15. The highest BCUT2D eigenvalue weighted by Crippen LogP contribution is 2.21. The van der Waals surface area contributed by atoms with Gasteiger partial charge < -0.3 is 14.1 Å². The normalized spacial score (nSPS) is 14.9. The van der Waals surface area contributed by atoms with Gasteiger partial charge >= 0.3 is 0 Å². The summed E-state index contributed by atoms with van der Waals surface area (Å²) < 4.78 is 11.0. The summed E-state index contributed by atoms with van der Waals surface area (Å²) in [5, 5.41) is 9.01. The monoisotopic (exact) mass is 454 g/mol. The lowest BCUT2D eigenvalue weighted by Gasteiger charge is -2.21. The predicted octanol–water partition coefficient (Wildman–Crippen LogP) is 4.07. The first-order valence-electron chi connectivity index (χ1n) is 10.8. The molecule has 0 saturated carbocycles. The van der Waals surface area contributed by atoms with Crippen molar-refractivity contribution in [2.24, 2.45) is 0 Å². The smallest absolute Gasteiger partial charge is 0.247 e. The van der Waals surface area contributed by atoms with Crippen LogP contribution in [0.5, 0.6) is 5.75 Å². The van der Waals surface area contributed by atoms with E-state index in [1.54, 1.807) is 19.2 Å². The van der Waals surface area contributed by atoms with E-state index < -0.39 is 0 Å². The summed E-state index contributed by atoms with van der Waals surface area (Å²) in [7, 11) is 1.65. The molecule has 8 heteroatoms. The third kappa shape index (κ3) is 5.87. The van der Waals surface area contributed by atoms with Gasteiger partial charge in [-0.2, -0.15) is 0 Å². The summed E-state index contributed by atoms with van der Waals surface area (Å²) in [6, 6.07) is 15.2. The van der Waals surface area contributed by atoms with Crippen LogP contribution in [-0.2, 0) is 17.8 Å². The molecule has 0 unspecified atom stereocenters. The third-order valence-corrected chi connectivity index (χ3v) is 5.90. The number of hydrogen-bond acceptors (Lipinski definition) is 6. The highest BCUT2D eigenvalue weighted by molar-refractivity contribution is 6.30. The van der Waals surface area contributed by atoms with Gasteiger partial charge in [0.2, 0.25) is 17.7 Å². The van der Waals surface area contributed by atoms with Gasteiger partial charge in [0.05, 0.1) is 13.7 Å². The average molecular weight is 455 g/mol. The first kappa shape index (κ1) is 22.3. The Bertz CT molecular complexity index is 1020. The third-order valence-electron chi connectivity index (χ3n) is 5.64. The second-order valence-electron chi connectivity index (χ2n) is 7.87. The second-order valence-corrected chi connectivity index (χ2v) is 8.30. The lowest BCUT2D eigenvalue weighted by atomic mass is 10.1. The molecule has 0 bridgehead atoms. The van der Waals surface area contributed by atoms with Crippen LogP contribution in [-0.4, -0.2) is 59.2 Å². The summed E-state index contributed by atoms with van der Waals surface area (Å²) >= 11 is 5.94. The van der Waals surface area contributed by atoms with E-state index in [0.29, 0.717) is 36.3 Å². The Kier molecular flexibility index (Phi) is 7.39. The summed E-state index contributed by atoms with van der Waals surface area (Å²) in [5.74, 6) is 2.09. The van der Waals surface area contributed by atoms with Gasteiger partial charge in [-0.05, 0) is 54.8 Å². The SMILES string of the molecule is COc1ccc(CCC(=O)N2CCCN(Cc3nnc(-c4ccc(Cl)cc4)o3)CC2)cc1. The van der Waals surface area contributed by atoms with E-state index >= 15 is 0 Å². The lowest BCUT2D eigenvalue weighted by Crippen LogP contribution is -2.35. The Morgan fingerprint density at radius 1 is 1.03 bits per heavy atom. The maximum absolute atomic E-state index is 12.7. The van der Waals surface area contributed by atoms with Crippen molar-refractivity contribution in [3.05, 3.63) is 65.0 Å². The molecule has 1 aliphatic rings. The fourth-order valence-corrected chi connectivity index (χ4v) is 3.92. The van der Waals surface area contributed by atoms with Crippen LogP contribution in [0.1, 0.15) is 24.3 Å². The second kappa shape index (κ2) is 10.6. The molecule has 0 aliphatic carbocycles. The number of ether oxygens (including phenoxy) is 1. The highest BCUT2D eigenvalue weighted by atomic mass is 35.5. The standard InChI is InChI=1S/C24H27ClN4O3/c1-31-21-10-3-18(4-11-21)5-12-23(30)29-14-2-13-28(15-16-29)17-22-26-27-24(32-22)19-6-8-20(25)9-7-19/h3-4,6-11H,2,5,12-17H2,1H3. The van der Waals surface area contributed by atoms with Gasteiger partial charge in [-0.25, -0.2) is 0 Å². The van der Waals surface area contributed by atoms with E-state index in [9.17, 15) is 4.79 Å². The molecule has 168 valence electrons. The van der Waals surface area contributed by atoms with E-state index in [1.165, 1.54) is 0 Å². The van der Waals surface area contributed by atoms with Crippen LogP contribution < -0.4 is 4.74 Å². The van der Waals surface area contributed by atoms with E-state index in [1.807, 2.05) is 41.3 Å². The number of nitrogens with zero attached hydrogens (tertiary/aromatic N) is 4. The topological polar surface area (TPSA) is 71.7 Å². The van der Waals surface area contributed by atoms with Gasteiger partial charge in [0, 0.05) is 43.2 Å². The fourth-order valence-electron chi connectivity index (χ4n) is 3.80. The summed E-state index contributed by atoms with van der Waals surface area (Å²) in [4.78, 5) is 17.0. The molecule has 0 radical (unpaired) electrons. The zero-order valence-electron chi connectivity index (χ0n) is 18.2. The molecule has 1 aliphatic heterocycles. The molecule has 32 heavy (non-hydrogen) atoms. The Morgan fingerprint density at radius 3 is 2.56 bits per heavy atom. The van der Waals surface area contributed by atoms with Gasteiger partial charge in [0.1, 0.15) is 5.75 Å². The van der Waals surface area contributed by atoms with Crippen LogP contribution in [0.3, 0.4) is 0 Å². The molecule has 1 amide bonds. The van der Waals surface area contributed by atoms with Gasteiger partial charge in [0.15, 0.2) is 0 Å². The van der Waals surface area contributed by atoms with Crippen molar-refractivity contribution >= 4 is 17.5 Å². The number of aromatic nitrogens is 2. The molecule has 1 fully saturated rings. The number of benzene rings is 2. The van der Waals surface area contributed by atoms with Crippen molar-refractivity contribution in [3.8, 4) is 17.2 Å². The minimum atomic E-state index is 0.200. The number of aryl methyl sites for hydroxylation is 1. The van der Waals surface area contributed by atoms with Crippen molar-refractivity contribution < 1.29 is 13.9 Å². The van der Waals surface area contributed by atoms with Gasteiger partial charge in [-0.15, -0.1) is 10.2 Å². The Labute approximate surface area is 192 Å². The van der Waals surface area contributed by atoms with Gasteiger partial charge in [0.25, 0.3) is 0 Å². The number of rotatable bonds is 7. The maximum atomic E-state index is 12.7. The zero-order valence-corrected chi connectivity index (χ0v) is 18.9. The first-order valence-corrected chi connectivity index (χ1v) is 11.2. The molecule has 1 saturated heterocycles. The zero-order chi connectivity index (χ0) is 22.3. The number of hydrogen-bond donors (Lipinski definition) is 0. The fraction of sp³-hybridized carbons (Fsp3) is 0.375. The Morgan fingerprint density at radius 2 is 1.81 bits per heavy atom. The number of amides is 1. The molecule has 0 spiro atoms. The number of halogens is 1. The van der Waals surface area contributed by atoms with Crippen molar-refractivity contribution in [1.82, 2.24) is 20.0 Å². The molecule has 2 aromatic carbocycles. The molecule has 0 atom stereocenters. The van der Waals surface area contributed by atoms with E-state index in [0.717, 1.165) is 49.4 Å². The molecule has 2 heterocycles. The van der Waals surface area contributed by atoms with Crippen molar-refractivity contribution in [2.45, 2.75) is 25.8 Å². The molecule has 4 rings (SSSR count). The van der Waals surface area contributed by atoms with Crippen LogP contribution in [0.15, 0.2) is 52.9 Å². The number of carbonyl (C=O) groups is 1. The van der Waals surface area contributed by atoms with Crippen LogP contribution >= 0.6 is 11.6 Å². The van der Waals surface area contributed by atoms with Crippen molar-refractivity contribution in [1.29, 1.82) is 0 Å². The van der Waals surface area contributed by atoms with Crippen molar-refractivity contribution in [2.75, 3.05) is 33.3 Å². The van der Waals surface area contributed by atoms with Crippen LogP contribution in [0, 0.1) is 0 Å². The van der Waals surface area contributed by atoms with E-state index in [-0.39, 0.29) is 5.91 Å². The molecule has 1 aromatic heterocycles. The van der Waals surface area contributed by atoms with Gasteiger partial charge in [-0.1, -0.05) is 23.7 Å². The van der Waals surface area contributed by atoms with Crippen molar-refractivity contribution in [3.63, 3.8) is 0 Å². The largest absolute Gasteiger partial charge is 0.497 e. The molecular formula is C24H27ClN4O3. The first-order chi connectivity index (χ1) is 15.6. The van der Waals surface area contributed by atoms with E-state index in [2.05, 4.69) is 15.1 Å². The molecule has 0 N–H and O–H groups in total. The minimum Gasteiger partial charge on any atom is -0.497 e. The molecule has 7 nitrogen and oxygen atoms in total. The Hall–Kier alpha value is -2.90. The van der Waals surface area contributed by atoms with E-state index in [4.69, 9.17) is 20.8 Å². The predicted molar refractivity (Wildman–Crippen MR) is 123 cm³/mol. The molecule has 3 aromatic rings. The van der Waals surface area contributed by atoms with Crippen LogP contribution in [0.2, 0.25) is 5.02 Å². The quantitative estimate of drug-likeness (QED) is 0.536. The Balaban J connectivity index is 1.26. The minimum absolute atomic E-state index is 0.200. The van der Waals surface area contributed by atoms with Crippen LogP contribution in [0.25, 0.3) is 11.5 Å². The maximum Gasteiger partial charge on any atom is 0.247 e. The highest BCUT2D eigenvalue weighted by Gasteiger charge is 2.20. The summed E-state index contributed by atoms with van der Waals surface area (Å²) in [6.45, 7) is 3.74. The number of methoxy groups -OCH3 is 1. The van der Waals surface area contributed by atoms with Gasteiger partial charge in [-0.3, -0.25) is 9.69 Å². The number of carbonyl (C=O) groups excluding carboxylic acids is 1. The summed E-state index contributed by atoms with van der Waals surface area (Å²) in [6.07, 6.45) is 2.17. The lowest BCUT2D eigenvalue weighted by molar-refractivity contribution is -0.131.